The second kappa shape index (κ2) is 2.76. The van der Waals surface area contributed by atoms with Gasteiger partial charge in [-0.2, -0.15) is 0 Å². The van der Waals surface area contributed by atoms with E-state index in [1.54, 1.807) is 0 Å². The predicted octanol–water partition coefficient (Wildman–Crippen LogP) is 2.79. The van der Waals surface area contributed by atoms with Crippen LogP contribution in [0.1, 0.15) is 38.5 Å². The first-order chi connectivity index (χ1) is 6.05. The van der Waals surface area contributed by atoms with Crippen molar-refractivity contribution in [2.24, 2.45) is 11.3 Å². The van der Waals surface area contributed by atoms with E-state index in [-0.39, 0.29) is 24.2 Å². The van der Waals surface area contributed by atoms with Crippen molar-refractivity contribution in [1.82, 2.24) is 0 Å². The van der Waals surface area contributed by atoms with Crippen molar-refractivity contribution < 1.29 is 13.6 Å². The van der Waals surface area contributed by atoms with Crippen LogP contribution < -0.4 is 0 Å². The fourth-order valence-corrected chi connectivity index (χ4v) is 2.32. The molecule has 0 saturated heterocycles. The first-order valence-corrected chi connectivity index (χ1v) is 4.89. The summed E-state index contributed by atoms with van der Waals surface area (Å²) >= 11 is 0. The highest BCUT2D eigenvalue weighted by Crippen LogP contribution is 2.53. The maximum atomic E-state index is 12.8. The summed E-state index contributed by atoms with van der Waals surface area (Å²) in [4.78, 5) is 10.7. The molecule has 1 nitrogen and oxygen atoms in total. The van der Waals surface area contributed by atoms with E-state index in [0.29, 0.717) is 12.8 Å². The van der Waals surface area contributed by atoms with Crippen molar-refractivity contribution in [1.29, 1.82) is 0 Å². The quantitative estimate of drug-likeness (QED) is 0.622. The van der Waals surface area contributed by atoms with Crippen LogP contribution >= 0.6 is 0 Å². The lowest BCUT2D eigenvalue weighted by molar-refractivity contribution is -0.112. The number of carbonyl (C=O) groups excluding carboxylic acids is 1. The molecular formula is C10H14F2O. The Bertz CT molecular complexity index is 221. The van der Waals surface area contributed by atoms with Gasteiger partial charge >= 0.3 is 0 Å². The second-order valence-corrected chi connectivity index (χ2v) is 4.65. The first-order valence-electron chi connectivity index (χ1n) is 4.89. The molecule has 0 N–H and O–H groups in total. The molecule has 0 aliphatic heterocycles. The summed E-state index contributed by atoms with van der Waals surface area (Å²) in [5.74, 6) is -2.37. The van der Waals surface area contributed by atoms with E-state index < -0.39 is 5.92 Å². The van der Waals surface area contributed by atoms with E-state index >= 15 is 0 Å². The van der Waals surface area contributed by atoms with Gasteiger partial charge in [0.25, 0.3) is 0 Å². The minimum atomic E-state index is -2.45. The zero-order valence-corrected chi connectivity index (χ0v) is 7.56. The van der Waals surface area contributed by atoms with Gasteiger partial charge in [-0.1, -0.05) is 0 Å². The minimum Gasteiger partial charge on any atom is -0.303 e. The maximum absolute atomic E-state index is 12.8. The van der Waals surface area contributed by atoms with Gasteiger partial charge in [0.2, 0.25) is 5.92 Å². The molecule has 2 rings (SSSR count). The zero-order valence-electron chi connectivity index (χ0n) is 7.56. The Labute approximate surface area is 76.5 Å². The fourth-order valence-electron chi connectivity index (χ4n) is 2.32. The Hall–Kier alpha value is -0.470. The second-order valence-electron chi connectivity index (χ2n) is 4.65. The highest BCUT2D eigenvalue weighted by atomic mass is 19.3. The molecule has 0 radical (unpaired) electrons. The standard InChI is InChI=1S/C10H14F2O/c11-10(12)2-1-8(6-10)5-9(7-13)3-4-9/h7-8H,1-6H2. The summed E-state index contributed by atoms with van der Waals surface area (Å²) in [5.41, 5.74) is -0.189. The summed E-state index contributed by atoms with van der Waals surface area (Å²) in [5, 5.41) is 0. The Morgan fingerprint density at radius 3 is 2.38 bits per heavy atom. The number of rotatable bonds is 3. The third-order valence-electron chi connectivity index (χ3n) is 3.34. The van der Waals surface area contributed by atoms with Crippen molar-refractivity contribution in [2.45, 2.75) is 44.4 Å². The first kappa shape index (κ1) is 9.10. The number of aldehydes is 1. The molecule has 2 fully saturated rings. The van der Waals surface area contributed by atoms with Gasteiger partial charge in [0, 0.05) is 18.3 Å². The topological polar surface area (TPSA) is 17.1 Å². The lowest BCUT2D eigenvalue weighted by atomic mass is 9.92. The molecule has 0 amide bonds. The van der Waals surface area contributed by atoms with Gasteiger partial charge in [-0.05, 0) is 31.6 Å². The smallest absolute Gasteiger partial charge is 0.248 e. The monoisotopic (exact) mass is 188 g/mol. The van der Waals surface area contributed by atoms with Crippen molar-refractivity contribution in [2.75, 3.05) is 0 Å². The van der Waals surface area contributed by atoms with Crippen molar-refractivity contribution in [3.05, 3.63) is 0 Å². The Balaban J connectivity index is 1.87. The van der Waals surface area contributed by atoms with Crippen molar-refractivity contribution >= 4 is 6.29 Å². The maximum Gasteiger partial charge on any atom is 0.248 e. The van der Waals surface area contributed by atoms with Crippen LogP contribution in [0.2, 0.25) is 0 Å². The summed E-state index contributed by atoms with van der Waals surface area (Å²) in [6, 6.07) is 0. The van der Waals surface area contributed by atoms with Crippen LogP contribution in [0, 0.1) is 11.3 Å². The van der Waals surface area contributed by atoms with Gasteiger partial charge in [0.05, 0.1) is 0 Å². The van der Waals surface area contributed by atoms with E-state index in [4.69, 9.17) is 0 Å². The summed E-state index contributed by atoms with van der Waals surface area (Å²) in [7, 11) is 0. The van der Waals surface area contributed by atoms with Crippen molar-refractivity contribution in [3.63, 3.8) is 0 Å². The summed E-state index contributed by atoms with van der Waals surface area (Å²) in [6.45, 7) is 0. The number of alkyl halides is 2. The molecule has 0 spiro atoms. The Morgan fingerprint density at radius 2 is 2.00 bits per heavy atom. The molecule has 0 bridgehead atoms. The van der Waals surface area contributed by atoms with E-state index in [1.807, 2.05) is 0 Å². The average molecular weight is 188 g/mol. The molecule has 0 aromatic carbocycles. The molecule has 3 heteroatoms. The molecule has 0 aromatic heterocycles. The summed E-state index contributed by atoms with van der Waals surface area (Å²) < 4.78 is 25.6. The van der Waals surface area contributed by atoms with E-state index in [0.717, 1.165) is 19.1 Å². The molecule has 0 aromatic rings. The average Bonchev–Trinajstić information content (AvgIpc) is 2.74. The highest BCUT2D eigenvalue weighted by Gasteiger charge is 2.48. The van der Waals surface area contributed by atoms with E-state index in [1.165, 1.54) is 0 Å². The molecule has 2 saturated carbocycles. The Morgan fingerprint density at radius 1 is 1.31 bits per heavy atom. The number of hydrogen-bond acceptors (Lipinski definition) is 1. The normalized spacial score (nSPS) is 34.5. The van der Waals surface area contributed by atoms with Gasteiger partial charge in [0.15, 0.2) is 0 Å². The van der Waals surface area contributed by atoms with Gasteiger partial charge in [-0.15, -0.1) is 0 Å². The van der Waals surface area contributed by atoms with Gasteiger partial charge < -0.3 is 4.79 Å². The van der Waals surface area contributed by atoms with E-state index in [9.17, 15) is 13.6 Å². The number of hydrogen-bond donors (Lipinski definition) is 0. The molecule has 13 heavy (non-hydrogen) atoms. The molecule has 74 valence electrons. The van der Waals surface area contributed by atoms with Gasteiger partial charge in [-0.3, -0.25) is 0 Å². The molecule has 2 aliphatic rings. The molecule has 1 atom stereocenters. The van der Waals surface area contributed by atoms with Crippen LogP contribution in [-0.2, 0) is 4.79 Å². The van der Waals surface area contributed by atoms with Crippen LogP contribution in [0.25, 0.3) is 0 Å². The van der Waals surface area contributed by atoms with Gasteiger partial charge in [0.1, 0.15) is 6.29 Å². The molecule has 2 aliphatic carbocycles. The van der Waals surface area contributed by atoms with Crippen LogP contribution in [0.3, 0.4) is 0 Å². The third kappa shape index (κ3) is 1.89. The predicted molar refractivity (Wildman–Crippen MR) is 44.6 cm³/mol. The number of halogens is 2. The minimum absolute atomic E-state index is 0.00257. The van der Waals surface area contributed by atoms with Crippen LogP contribution in [0.15, 0.2) is 0 Å². The SMILES string of the molecule is O=CC1(CC2CCC(F)(F)C2)CC1. The molecule has 0 heterocycles. The summed E-state index contributed by atoms with van der Waals surface area (Å²) in [6.07, 6.45) is 4.13. The zero-order chi connectivity index (χ0) is 9.53. The largest absolute Gasteiger partial charge is 0.303 e. The lowest BCUT2D eigenvalue weighted by Crippen LogP contribution is -2.13. The molecule has 1 unspecified atom stereocenters. The Kier molecular flexibility index (Phi) is 1.93. The van der Waals surface area contributed by atoms with Crippen molar-refractivity contribution in [3.8, 4) is 0 Å². The number of carbonyl (C=O) groups is 1. The fraction of sp³-hybridized carbons (Fsp3) is 0.900. The molecular weight excluding hydrogens is 174 g/mol. The lowest BCUT2D eigenvalue weighted by Gasteiger charge is -2.13. The van der Waals surface area contributed by atoms with Crippen LogP contribution in [-0.4, -0.2) is 12.2 Å². The van der Waals surface area contributed by atoms with Crippen LogP contribution in [0.4, 0.5) is 8.78 Å². The van der Waals surface area contributed by atoms with Crippen LogP contribution in [0.5, 0.6) is 0 Å². The van der Waals surface area contributed by atoms with E-state index in [2.05, 4.69) is 0 Å². The third-order valence-corrected chi connectivity index (χ3v) is 3.34. The van der Waals surface area contributed by atoms with Gasteiger partial charge in [-0.25, -0.2) is 8.78 Å². The highest BCUT2D eigenvalue weighted by molar-refractivity contribution is 5.63.